The molecule has 0 aromatic heterocycles. The highest BCUT2D eigenvalue weighted by molar-refractivity contribution is 6.55. The smallest absolute Gasteiger partial charge is 0.167 e. The first-order chi connectivity index (χ1) is 12.3. The zero-order valence-electron chi connectivity index (χ0n) is 13.6. The number of halogens is 4. The Morgan fingerprint density at radius 3 is 2.08 bits per heavy atom. The van der Waals surface area contributed by atoms with Crippen molar-refractivity contribution in [2.24, 2.45) is 0 Å². The Hall–Kier alpha value is -1.59. The molecule has 138 valence electrons. The van der Waals surface area contributed by atoms with Crippen LogP contribution in [0.1, 0.15) is 6.92 Å². The highest BCUT2D eigenvalue weighted by Crippen LogP contribution is 2.38. The molecule has 0 fully saturated rings. The molecule has 0 aliphatic carbocycles. The van der Waals surface area contributed by atoms with Crippen LogP contribution < -0.4 is 14.2 Å². The van der Waals surface area contributed by atoms with Gasteiger partial charge in [0, 0.05) is 12.1 Å². The van der Waals surface area contributed by atoms with Crippen LogP contribution in [0.15, 0.2) is 47.0 Å². The second kappa shape index (κ2) is 9.93. The summed E-state index contributed by atoms with van der Waals surface area (Å²) in [4.78, 5) is 11.0. The molecule has 0 amide bonds. The van der Waals surface area contributed by atoms with Gasteiger partial charge in [-0.25, -0.2) is 0 Å². The molecule has 0 atom stereocenters. The first kappa shape index (κ1) is 20.7. The molecule has 0 bridgehead atoms. The molecule has 2 aromatic carbocycles. The Labute approximate surface area is 171 Å². The summed E-state index contributed by atoms with van der Waals surface area (Å²) in [6.07, 6.45) is 1.53. The van der Waals surface area contributed by atoms with E-state index in [1.54, 1.807) is 36.4 Å². The molecule has 0 radical (unpaired) electrons. The van der Waals surface area contributed by atoms with Crippen LogP contribution in [0.4, 0.5) is 0 Å². The van der Waals surface area contributed by atoms with E-state index in [0.717, 1.165) is 0 Å². The van der Waals surface area contributed by atoms with Crippen molar-refractivity contribution in [1.82, 2.24) is 0 Å². The first-order valence-electron chi connectivity index (χ1n) is 7.38. The van der Waals surface area contributed by atoms with Gasteiger partial charge in [-0.15, -0.1) is 0 Å². The summed E-state index contributed by atoms with van der Waals surface area (Å²) in [5.74, 6) is 1.73. The van der Waals surface area contributed by atoms with Gasteiger partial charge in [0.1, 0.15) is 35.0 Å². The monoisotopic (exact) mass is 434 g/mol. The van der Waals surface area contributed by atoms with Gasteiger partial charge in [-0.1, -0.05) is 46.4 Å². The third kappa shape index (κ3) is 6.61. The predicted octanol–water partition coefficient (Wildman–Crippen LogP) is 6.45. The molecule has 0 saturated carbocycles. The number of ether oxygens (including phenoxy) is 3. The maximum atomic E-state index is 11.0. The van der Waals surface area contributed by atoms with Gasteiger partial charge in [0.05, 0.1) is 10.0 Å². The number of carbonyl (C=O) groups is 1. The van der Waals surface area contributed by atoms with Gasteiger partial charge >= 0.3 is 0 Å². The number of rotatable bonds is 8. The van der Waals surface area contributed by atoms with E-state index in [1.807, 2.05) is 0 Å². The number of carbonyl (C=O) groups excluding carboxylic acids is 1. The van der Waals surface area contributed by atoms with Crippen LogP contribution in [0.5, 0.6) is 23.0 Å². The number of hydrogen-bond donors (Lipinski definition) is 0. The lowest BCUT2D eigenvalue weighted by Gasteiger charge is -2.12. The maximum absolute atomic E-state index is 11.0. The number of Topliss-reactive ketones (excluding diaryl/α,β-unsaturated/α-hetero) is 1. The van der Waals surface area contributed by atoms with E-state index in [4.69, 9.17) is 60.6 Å². The van der Waals surface area contributed by atoms with E-state index in [0.29, 0.717) is 17.2 Å². The Kier molecular flexibility index (Phi) is 7.91. The molecule has 0 unspecified atom stereocenters. The van der Waals surface area contributed by atoms with Gasteiger partial charge in [0.15, 0.2) is 11.5 Å². The molecular weight excluding hydrogens is 422 g/mol. The predicted molar refractivity (Wildman–Crippen MR) is 104 cm³/mol. The molecule has 2 rings (SSSR count). The molecule has 0 spiro atoms. The third-order valence-electron chi connectivity index (χ3n) is 2.94. The SMILES string of the molecule is CC(=O)COc1c(Cl)cc(Oc2ccc(OCC=C(Cl)Cl)cc2)cc1Cl. The van der Waals surface area contributed by atoms with Crippen LogP contribution in [0.2, 0.25) is 10.0 Å². The molecular formula is C18H14Cl4O4. The van der Waals surface area contributed by atoms with E-state index in [9.17, 15) is 4.79 Å². The van der Waals surface area contributed by atoms with Crippen molar-refractivity contribution in [3.05, 3.63) is 57.0 Å². The molecule has 0 aliphatic rings. The van der Waals surface area contributed by atoms with Crippen LogP contribution in [-0.2, 0) is 4.79 Å². The normalized spacial score (nSPS) is 10.2. The average molecular weight is 436 g/mol. The minimum Gasteiger partial charge on any atom is -0.489 e. The van der Waals surface area contributed by atoms with E-state index in [1.165, 1.54) is 13.0 Å². The quantitative estimate of drug-likeness (QED) is 0.477. The fourth-order valence-corrected chi connectivity index (χ4v) is 2.55. The summed E-state index contributed by atoms with van der Waals surface area (Å²) >= 11 is 23.3. The van der Waals surface area contributed by atoms with Crippen LogP contribution in [0.3, 0.4) is 0 Å². The minimum absolute atomic E-state index is 0.106. The van der Waals surface area contributed by atoms with Crippen LogP contribution >= 0.6 is 46.4 Å². The Bertz CT molecular complexity index is 776. The highest BCUT2D eigenvalue weighted by atomic mass is 35.5. The summed E-state index contributed by atoms with van der Waals surface area (Å²) in [6, 6.07) is 10.0. The van der Waals surface area contributed by atoms with Crippen LogP contribution in [0, 0.1) is 0 Å². The van der Waals surface area contributed by atoms with Gasteiger partial charge < -0.3 is 14.2 Å². The summed E-state index contributed by atoms with van der Waals surface area (Å²) in [5.41, 5.74) is 0. The Morgan fingerprint density at radius 1 is 0.962 bits per heavy atom. The first-order valence-corrected chi connectivity index (χ1v) is 8.89. The average Bonchev–Trinajstić information content (AvgIpc) is 2.55. The molecule has 8 heteroatoms. The number of ketones is 1. The summed E-state index contributed by atoms with van der Waals surface area (Å²) in [7, 11) is 0. The van der Waals surface area contributed by atoms with Gasteiger partial charge in [0.25, 0.3) is 0 Å². The standard InChI is InChI=1S/C18H14Cl4O4/c1-11(23)10-25-18-15(19)8-14(9-16(18)20)26-13-4-2-12(3-5-13)24-7-6-17(21)22/h2-6,8-9H,7,10H2,1H3. The summed E-state index contributed by atoms with van der Waals surface area (Å²) in [5, 5.41) is 0.497. The van der Waals surface area contributed by atoms with Crippen molar-refractivity contribution in [3.8, 4) is 23.0 Å². The molecule has 0 heterocycles. The van der Waals surface area contributed by atoms with E-state index >= 15 is 0 Å². The Morgan fingerprint density at radius 2 is 1.54 bits per heavy atom. The van der Waals surface area contributed by atoms with Crippen LogP contribution in [-0.4, -0.2) is 19.0 Å². The Balaban J connectivity index is 2.04. The van der Waals surface area contributed by atoms with E-state index < -0.39 is 0 Å². The van der Waals surface area contributed by atoms with Crippen LogP contribution in [0.25, 0.3) is 0 Å². The molecule has 0 aliphatic heterocycles. The van der Waals surface area contributed by atoms with Gasteiger partial charge in [-0.05, 0) is 37.3 Å². The largest absolute Gasteiger partial charge is 0.489 e. The maximum Gasteiger partial charge on any atom is 0.167 e. The van der Waals surface area contributed by atoms with Crippen molar-refractivity contribution in [3.63, 3.8) is 0 Å². The number of benzene rings is 2. The third-order valence-corrected chi connectivity index (χ3v) is 3.81. The molecule has 0 saturated heterocycles. The van der Waals surface area contributed by atoms with Crippen molar-refractivity contribution in [2.45, 2.75) is 6.92 Å². The van der Waals surface area contributed by atoms with Crippen molar-refractivity contribution < 1.29 is 19.0 Å². The topological polar surface area (TPSA) is 44.8 Å². The van der Waals surface area contributed by atoms with E-state index in [-0.39, 0.29) is 39.3 Å². The van der Waals surface area contributed by atoms with Gasteiger partial charge in [-0.2, -0.15) is 0 Å². The summed E-state index contributed by atoms with van der Waals surface area (Å²) in [6.45, 7) is 1.56. The molecule has 0 N–H and O–H groups in total. The van der Waals surface area contributed by atoms with Crippen molar-refractivity contribution in [2.75, 3.05) is 13.2 Å². The molecule has 2 aromatic rings. The van der Waals surface area contributed by atoms with Crippen molar-refractivity contribution >= 4 is 52.2 Å². The second-order valence-electron chi connectivity index (χ2n) is 5.08. The zero-order chi connectivity index (χ0) is 19.1. The van der Waals surface area contributed by atoms with Gasteiger partial charge in [0.2, 0.25) is 0 Å². The van der Waals surface area contributed by atoms with Gasteiger partial charge in [-0.3, -0.25) is 4.79 Å². The lowest BCUT2D eigenvalue weighted by atomic mass is 10.3. The second-order valence-corrected chi connectivity index (χ2v) is 6.91. The minimum atomic E-state index is -0.136. The van der Waals surface area contributed by atoms with E-state index in [2.05, 4.69) is 0 Å². The molecule has 4 nitrogen and oxygen atoms in total. The van der Waals surface area contributed by atoms with Crippen molar-refractivity contribution in [1.29, 1.82) is 0 Å². The number of hydrogen-bond acceptors (Lipinski definition) is 4. The summed E-state index contributed by atoms with van der Waals surface area (Å²) < 4.78 is 16.6. The highest BCUT2D eigenvalue weighted by Gasteiger charge is 2.12. The fourth-order valence-electron chi connectivity index (χ4n) is 1.85. The lowest BCUT2D eigenvalue weighted by Crippen LogP contribution is -2.07. The molecule has 26 heavy (non-hydrogen) atoms. The lowest BCUT2D eigenvalue weighted by molar-refractivity contribution is -0.118. The fraction of sp³-hybridized carbons (Fsp3) is 0.167. The zero-order valence-corrected chi connectivity index (χ0v) is 16.6.